The molecule has 2 rings (SSSR count). The minimum absolute atomic E-state index is 0.249. The smallest absolute Gasteiger partial charge is 0.407 e. The number of benzene rings is 1. The molecule has 0 aliphatic carbocycles. The fourth-order valence-electron chi connectivity index (χ4n) is 1.90. The van der Waals surface area contributed by atoms with Gasteiger partial charge in [0.1, 0.15) is 6.61 Å². The second-order valence-corrected chi connectivity index (χ2v) is 4.78. The van der Waals surface area contributed by atoms with E-state index in [0.717, 1.165) is 11.8 Å². The number of hydrogen-bond acceptors (Lipinski definition) is 4. The van der Waals surface area contributed by atoms with Crippen molar-refractivity contribution in [2.45, 2.75) is 13.0 Å². The molecule has 1 aromatic heterocycles. The first-order chi connectivity index (χ1) is 11.3. The first-order valence-electron chi connectivity index (χ1n) is 7.31. The van der Waals surface area contributed by atoms with Crippen LogP contribution in [0.25, 0.3) is 6.08 Å². The monoisotopic (exact) mass is 310 g/mol. The maximum absolute atomic E-state index is 11.5. The van der Waals surface area contributed by atoms with Crippen molar-refractivity contribution in [3.8, 4) is 0 Å². The Kier molecular flexibility index (Phi) is 6.53. The molecule has 118 valence electrons. The SMILES string of the molecule is O=Cc1cccnc1C=CCCNC(=O)OCc1ccccc1. The van der Waals surface area contributed by atoms with Crippen molar-refractivity contribution in [1.82, 2.24) is 10.3 Å². The third-order valence-corrected chi connectivity index (χ3v) is 3.07. The zero-order valence-corrected chi connectivity index (χ0v) is 12.6. The molecule has 0 bridgehead atoms. The lowest BCUT2D eigenvalue weighted by Crippen LogP contribution is -2.24. The molecule has 0 saturated carbocycles. The molecule has 0 unspecified atom stereocenters. The van der Waals surface area contributed by atoms with Crippen LogP contribution in [0.4, 0.5) is 4.79 Å². The Morgan fingerprint density at radius 2 is 2.00 bits per heavy atom. The molecule has 0 aliphatic rings. The number of aldehydes is 1. The van der Waals surface area contributed by atoms with E-state index >= 15 is 0 Å². The molecule has 1 N–H and O–H groups in total. The van der Waals surface area contributed by atoms with Crippen molar-refractivity contribution in [1.29, 1.82) is 0 Å². The van der Waals surface area contributed by atoms with Crippen LogP contribution in [0.3, 0.4) is 0 Å². The summed E-state index contributed by atoms with van der Waals surface area (Å²) in [6.45, 7) is 0.701. The lowest BCUT2D eigenvalue weighted by molar-refractivity contribution is 0.112. The van der Waals surface area contributed by atoms with E-state index in [9.17, 15) is 9.59 Å². The Morgan fingerprint density at radius 3 is 2.78 bits per heavy atom. The van der Waals surface area contributed by atoms with Crippen molar-refractivity contribution in [2.75, 3.05) is 6.54 Å². The van der Waals surface area contributed by atoms with Gasteiger partial charge in [0, 0.05) is 18.3 Å². The average molecular weight is 310 g/mol. The van der Waals surface area contributed by atoms with Crippen LogP contribution in [0.1, 0.15) is 28.0 Å². The van der Waals surface area contributed by atoms with Gasteiger partial charge in [-0.05, 0) is 30.2 Å². The van der Waals surface area contributed by atoms with Gasteiger partial charge in [0.15, 0.2) is 6.29 Å². The molecule has 23 heavy (non-hydrogen) atoms. The maximum Gasteiger partial charge on any atom is 0.407 e. The second kappa shape index (κ2) is 9.15. The number of nitrogens with one attached hydrogen (secondary N) is 1. The van der Waals surface area contributed by atoms with Crippen LogP contribution in [0.2, 0.25) is 0 Å². The fraction of sp³-hybridized carbons (Fsp3) is 0.167. The summed E-state index contributed by atoms with van der Waals surface area (Å²) in [4.78, 5) is 26.5. The molecule has 1 aromatic carbocycles. The molecule has 0 aliphatic heterocycles. The summed E-state index contributed by atoms with van der Waals surface area (Å²) in [6.07, 6.45) is 6.19. The summed E-state index contributed by atoms with van der Waals surface area (Å²) >= 11 is 0. The normalized spacial score (nSPS) is 10.4. The van der Waals surface area contributed by atoms with Crippen LogP contribution in [-0.2, 0) is 11.3 Å². The predicted octanol–water partition coefficient (Wildman–Crippen LogP) is 3.22. The average Bonchev–Trinajstić information content (AvgIpc) is 2.61. The van der Waals surface area contributed by atoms with E-state index in [-0.39, 0.29) is 6.61 Å². The number of ether oxygens (including phenoxy) is 1. The van der Waals surface area contributed by atoms with Crippen molar-refractivity contribution >= 4 is 18.5 Å². The largest absolute Gasteiger partial charge is 0.445 e. The quantitative estimate of drug-likeness (QED) is 0.630. The van der Waals surface area contributed by atoms with Crippen LogP contribution in [0, 0.1) is 0 Å². The van der Waals surface area contributed by atoms with Gasteiger partial charge >= 0.3 is 6.09 Å². The van der Waals surface area contributed by atoms with E-state index in [4.69, 9.17) is 4.74 Å². The Balaban J connectivity index is 1.67. The van der Waals surface area contributed by atoms with Gasteiger partial charge in [0.25, 0.3) is 0 Å². The number of carbonyl (C=O) groups excluding carboxylic acids is 2. The van der Waals surface area contributed by atoms with E-state index in [1.165, 1.54) is 0 Å². The highest BCUT2D eigenvalue weighted by molar-refractivity contribution is 5.80. The zero-order valence-electron chi connectivity index (χ0n) is 12.6. The molecular formula is C18H18N2O3. The van der Waals surface area contributed by atoms with Gasteiger partial charge in [-0.25, -0.2) is 4.79 Å². The first-order valence-corrected chi connectivity index (χ1v) is 7.31. The van der Waals surface area contributed by atoms with Crippen LogP contribution < -0.4 is 5.32 Å². The summed E-state index contributed by atoms with van der Waals surface area (Å²) in [7, 11) is 0. The molecule has 2 aromatic rings. The lowest BCUT2D eigenvalue weighted by atomic mass is 10.2. The summed E-state index contributed by atoms with van der Waals surface area (Å²) in [5, 5.41) is 2.67. The Labute approximate surface area is 135 Å². The Bertz CT molecular complexity index is 669. The van der Waals surface area contributed by atoms with Crippen molar-refractivity contribution in [3.05, 3.63) is 71.6 Å². The third-order valence-electron chi connectivity index (χ3n) is 3.07. The van der Waals surface area contributed by atoms with E-state index in [1.807, 2.05) is 36.4 Å². The number of carbonyl (C=O) groups is 2. The molecule has 5 nitrogen and oxygen atoms in total. The fourth-order valence-corrected chi connectivity index (χ4v) is 1.90. The summed E-state index contributed by atoms with van der Waals surface area (Å²) in [6, 6.07) is 12.9. The van der Waals surface area contributed by atoms with E-state index < -0.39 is 6.09 Å². The van der Waals surface area contributed by atoms with E-state index in [1.54, 1.807) is 24.4 Å². The zero-order chi connectivity index (χ0) is 16.3. The third kappa shape index (κ3) is 5.74. The van der Waals surface area contributed by atoms with Crippen LogP contribution in [0.5, 0.6) is 0 Å². The van der Waals surface area contributed by atoms with Crippen molar-refractivity contribution < 1.29 is 14.3 Å². The predicted molar refractivity (Wildman–Crippen MR) is 87.9 cm³/mol. The highest BCUT2D eigenvalue weighted by atomic mass is 16.5. The number of pyridine rings is 1. The Morgan fingerprint density at radius 1 is 1.17 bits per heavy atom. The number of alkyl carbamates (subject to hydrolysis) is 1. The van der Waals surface area contributed by atoms with Crippen molar-refractivity contribution in [3.63, 3.8) is 0 Å². The van der Waals surface area contributed by atoms with Gasteiger partial charge in [0.05, 0.1) is 5.69 Å². The molecule has 0 spiro atoms. The van der Waals surface area contributed by atoms with Crippen LogP contribution >= 0.6 is 0 Å². The molecule has 0 atom stereocenters. The van der Waals surface area contributed by atoms with E-state index in [2.05, 4.69) is 10.3 Å². The van der Waals surface area contributed by atoms with Gasteiger partial charge in [-0.3, -0.25) is 9.78 Å². The molecule has 0 radical (unpaired) electrons. The number of hydrogen-bond donors (Lipinski definition) is 1. The standard InChI is InChI=1S/C18H18N2O3/c21-13-16-9-6-12-19-17(16)10-4-5-11-20-18(22)23-14-15-7-2-1-3-8-15/h1-4,6-10,12-13H,5,11,14H2,(H,20,22). The molecule has 5 heteroatoms. The molecule has 0 saturated heterocycles. The van der Waals surface area contributed by atoms with Gasteiger partial charge in [-0.15, -0.1) is 0 Å². The second-order valence-electron chi connectivity index (χ2n) is 4.78. The van der Waals surface area contributed by atoms with E-state index in [0.29, 0.717) is 24.2 Å². The van der Waals surface area contributed by atoms with Gasteiger partial charge < -0.3 is 10.1 Å². The minimum Gasteiger partial charge on any atom is -0.445 e. The first kappa shape index (κ1) is 16.4. The van der Waals surface area contributed by atoms with Gasteiger partial charge in [-0.1, -0.05) is 36.4 Å². The maximum atomic E-state index is 11.5. The van der Waals surface area contributed by atoms with Gasteiger partial charge in [-0.2, -0.15) is 0 Å². The van der Waals surface area contributed by atoms with Crippen molar-refractivity contribution in [2.24, 2.45) is 0 Å². The Hall–Kier alpha value is -2.95. The highest BCUT2D eigenvalue weighted by Crippen LogP contribution is 2.05. The topological polar surface area (TPSA) is 68.3 Å². The molecule has 1 heterocycles. The minimum atomic E-state index is -0.450. The molecular weight excluding hydrogens is 292 g/mol. The molecule has 0 fully saturated rings. The van der Waals surface area contributed by atoms with Crippen LogP contribution in [0.15, 0.2) is 54.7 Å². The number of aromatic nitrogens is 1. The number of amides is 1. The highest BCUT2D eigenvalue weighted by Gasteiger charge is 2.01. The number of nitrogens with zero attached hydrogens (tertiary/aromatic N) is 1. The van der Waals surface area contributed by atoms with Gasteiger partial charge in [0.2, 0.25) is 0 Å². The summed E-state index contributed by atoms with van der Waals surface area (Å²) in [5.41, 5.74) is 2.10. The number of rotatable bonds is 7. The lowest BCUT2D eigenvalue weighted by Gasteiger charge is -2.05. The van der Waals surface area contributed by atoms with Crippen LogP contribution in [-0.4, -0.2) is 23.9 Å². The summed E-state index contributed by atoms with van der Waals surface area (Å²) in [5.74, 6) is 0. The molecule has 1 amide bonds. The summed E-state index contributed by atoms with van der Waals surface area (Å²) < 4.78 is 5.10.